The van der Waals surface area contributed by atoms with E-state index in [0.29, 0.717) is 46.8 Å². The van der Waals surface area contributed by atoms with Gasteiger partial charge in [-0.3, -0.25) is 4.79 Å². The summed E-state index contributed by atoms with van der Waals surface area (Å²) in [5.74, 6) is 2.00. The monoisotopic (exact) mass is 382 g/mol. The molecule has 0 unspecified atom stereocenters. The summed E-state index contributed by atoms with van der Waals surface area (Å²) in [6, 6.07) is 15.9. The van der Waals surface area contributed by atoms with Crippen molar-refractivity contribution in [2.24, 2.45) is 5.10 Å². The molecular weight excluding hydrogens is 368 g/mol. The van der Waals surface area contributed by atoms with E-state index in [4.69, 9.17) is 25.5 Å². The topological polar surface area (TPSA) is 73.1 Å². The van der Waals surface area contributed by atoms with Crippen LogP contribution in [0.15, 0.2) is 64.1 Å². The number of nitrogens with one attached hydrogen (secondary N) is 1. The number of furan rings is 1. The Morgan fingerprint density at radius 3 is 2.74 bits per heavy atom. The molecule has 0 atom stereocenters. The van der Waals surface area contributed by atoms with Crippen molar-refractivity contribution in [2.75, 3.05) is 13.2 Å². The fourth-order valence-electron chi connectivity index (χ4n) is 2.62. The van der Waals surface area contributed by atoms with Gasteiger partial charge in [0.05, 0.1) is 6.21 Å². The smallest absolute Gasteiger partial charge is 0.271 e. The van der Waals surface area contributed by atoms with Gasteiger partial charge in [-0.2, -0.15) is 5.10 Å². The second kappa shape index (κ2) is 7.55. The van der Waals surface area contributed by atoms with Crippen LogP contribution in [0.1, 0.15) is 16.1 Å². The van der Waals surface area contributed by atoms with Crippen molar-refractivity contribution in [3.05, 3.63) is 70.9 Å². The van der Waals surface area contributed by atoms with E-state index in [1.165, 1.54) is 6.21 Å². The highest BCUT2D eigenvalue weighted by Gasteiger charge is 2.14. The molecule has 0 spiro atoms. The fraction of sp³-hybridized carbons (Fsp3) is 0.100. The van der Waals surface area contributed by atoms with E-state index in [2.05, 4.69) is 10.5 Å². The van der Waals surface area contributed by atoms with Crippen LogP contribution in [0.25, 0.3) is 11.3 Å². The Morgan fingerprint density at radius 2 is 1.89 bits per heavy atom. The van der Waals surface area contributed by atoms with Crippen LogP contribution in [0, 0.1) is 0 Å². The van der Waals surface area contributed by atoms with Gasteiger partial charge in [0, 0.05) is 16.1 Å². The van der Waals surface area contributed by atoms with Gasteiger partial charge >= 0.3 is 0 Å². The molecule has 0 radical (unpaired) electrons. The highest BCUT2D eigenvalue weighted by atomic mass is 35.5. The van der Waals surface area contributed by atoms with Crippen LogP contribution in [-0.4, -0.2) is 25.3 Å². The van der Waals surface area contributed by atoms with Gasteiger partial charge in [-0.05, 0) is 42.5 Å². The third kappa shape index (κ3) is 3.96. The van der Waals surface area contributed by atoms with E-state index in [0.717, 1.165) is 5.56 Å². The highest BCUT2D eigenvalue weighted by molar-refractivity contribution is 6.30. The lowest BCUT2D eigenvalue weighted by Gasteiger charge is -2.18. The van der Waals surface area contributed by atoms with Gasteiger partial charge in [0.2, 0.25) is 0 Å². The predicted octanol–water partition coefficient (Wildman–Crippen LogP) is 4.14. The molecule has 6 nitrogen and oxygen atoms in total. The Labute approximate surface area is 160 Å². The Bertz CT molecular complexity index is 1010. The van der Waals surface area contributed by atoms with Gasteiger partial charge in [-0.1, -0.05) is 23.7 Å². The average molecular weight is 383 g/mol. The first-order chi connectivity index (χ1) is 13.2. The molecule has 136 valence electrons. The Hall–Kier alpha value is -3.25. The summed E-state index contributed by atoms with van der Waals surface area (Å²) >= 11 is 5.99. The zero-order valence-electron chi connectivity index (χ0n) is 14.1. The van der Waals surface area contributed by atoms with E-state index < -0.39 is 0 Å². The van der Waals surface area contributed by atoms with Crippen molar-refractivity contribution in [2.45, 2.75) is 0 Å². The summed E-state index contributed by atoms with van der Waals surface area (Å²) in [6.45, 7) is 0.965. The maximum atomic E-state index is 12.2. The lowest BCUT2D eigenvalue weighted by atomic mass is 10.2. The molecule has 1 amide bonds. The largest absolute Gasteiger partial charge is 0.486 e. The van der Waals surface area contributed by atoms with Crippen LogP contribution >= 0.6 is 11.6 Å². The number of hydrogen-bond acceptors (Lipinski definition) is 5. The number of ether oxygens (including phenoxy) is 2. The molecular formula is C20H15ClN2O4. The minimum Gasteiger partial charge on any atom is -0.486 e. The molecule has 0 aliphatic carbocycles. The summed E-state index contributed by atoms with van der Waals surface area (Å²) in [4.78, 5) is 12.2. The number of benzene rings is 2. The first kappa shape index (κ1) is 17.2. The SMILES string of the molecule is O=C(NN=Cc1ccc(-c2cccc(Cl)c2)o1)c1ccc2c(c1)OCCO2. The molecule has 3 aromatic rings. The molecule has 4 rings (SSSR count). The molecule has 0 saturated carbocycles. The molecule has 1 aliphatic heterocycles. The van der Waals surface area contributed by atoms with E-state index >= 15 is 0 Å². The molecule has 0 fully saturated rings. The maximum absolute atomic E-state index is 12.2. The molecule has 1 aromatic heterocycles. The fourth-order valence-corrected chi connectivity index (χ4v) is 2.81. The number of nitrogens with zero attached hydrogens (tertiary/aromatic N) is 1. The van der Waals surface area contributed by atoms with Crippen molar-refractivity contribution in [1.29, 1.82) is 0 Å². The Morgan fingerprint density at radius 1 is 1.04 bits per heavy atom. The Kier molecular flexibility index (Phi) is 4.80. The zero-order chi connectivity index (χ0) is 18.6. The van der Waals surface area contributed by atoms with E-state index in [1.54, 1.807) is 30.3 Å². The maximum Gasteiger partial charge on any atom is 0.271 e. The van der Waals surface area contributed by atoms with Crippen molar-refractivity contribution in [3.8, 4) is 22.8 Å². The number of carbonyl (C=O) groups is 1. The molecule has 1 N–H and O–H groups in total. The number of rotatable bonds is 4. The minimum atomic E-state index is -0.357. The number of amides is 1. The van der Waals surface area contributed by atoms with Crippen LogP contribution < -0.4 is 14.9 Å². The highest BCUT2D eigenvalue weighted by Crippen LogP contribution is 2.30. The summed E-state index contributed by atoms with van der Waals surface area (Å²) < 4.78 is 16.6. The van der Waals surface area contributed by atoms with Crippen LogP contribution in [0.5, 0.6) is 11.5 Å². The first-order valence-corrected chi connectivity index (χ1v) is 8.66. The molecule has 7 heteroatoms. The number of halogens is 1. The van der Waals surface area contributed by atoms with Crippen LogP contribution in [-0.2, 0) is 0 Å². The summed E-state index contributed by atoms with van der Waals surface area (Å²) in [6.07, 6.45) is 1.43. The van der Waals surface area contributed by atoms with Gasteiger partial charge in [0.25, 0.3) is 5.91 Å². The second-order valence-corrected chi connectivity index (χ2v) is 6.21. The molecule has 2 heterocycles. The molecule has 0 bridgehead atoms. The standard InChI is InChI=1S/C20H15ClN2O4/c21-15-3-1-2-13(10-15)17-7-5-16(27-17)12-22-23-20(24)14-4-6-18-19(11-14)26-9-8-25-18/h1-7,10-12H,8-9H2,(H,23,24). The van der Waals surface area contributed by atoms with Crippen molar-refractivity contribution >= 4 is 23.7 Å². The summed E-state index contributed by atoms with van der Waals surface area (Å²) in [7, 11) is 0. The third-order valence-electron chi connectivity index (χ3n) is 3.90. The van der Waals surface area contributed by atoms with Crippen LogP contribution in [0.3, 0.4) is 0 Å². The third-order valence-corrected chi connectivity index (χ3v) is 4.13. The van der Waals surface area contributed by atoms with E-state index in [9.17, 15) is 4.79 Å². The van der Waals surface area contributed by atoms with Gasteiger partial charge in [0.1, 0.15) is 24.7 Å². The van der Waals surface area contributed by atoms with Crippen molar-refractivity contribution < 1.29 is 18.7 Å². The number of hydrogen-bond donors (Lipinski definition) is 1. The number of hydrazone groups is 1. The number of carbonyl (C=O) groups excluding carboxylic acids is 1. The van der Waals surface area contributed by atoms with Crippen molar-refractivity contribution in [1.82, 2.24) is 5.43 Å². The zero-order valence-corrected chi connectivity index (χ0v) is 14.9. The van der Waals surface area contributed by atoms with Crippen LogP contribution in [0.2, 0.25) is 5.02 Å². The molecule has 27 heavy (non-hydrogen) atoms. The summed E-state index contributed by atoms with van der Waals surface area (Å²) in [5, 5.41) is 4.57. The van der Waals surface area contributed by atoms with E-state index in [-0.39, 0.29) is 5.91 Å². The molecule has 1 aliphatic rings. The van der Waals surface area contributed by atoms with Gasteiger partial charge in [0.15, 0.2) is 11.5 Å². The first-order valence-electron chi connectivity index (χ1n) is 8.28. The molecule has 2 aromatic carbocycles. The van der Waals surface area contributed by atoms with Gasteiger partial charge in [-0.15, -0.1) is 0 Å². The average Bonchev–Trinajstić information content (AvgIpc) is 3.16. The normalized spacial score (nSPS) is 12.9. The van der Waals surface area contributed by atoms with Gasteiger partial charge < -0.3 is 13.9 Å². The predicted molar refractivity (Wildman–Crippen MR) is 102 cm³/mol. The quantitative estimate of drug-likeness (QED) is 0.543. The number of fused-ring (bicyclic) bond motifs is 1. The summed E-state index contributed by atoms with van der Waals surface area (Å²) in [5.41, 5.74) is 3.76. The second-order valence-electron chi connectivity index (χ2n) is 5.77. The lowest BCUT2D eigenvalue weighted by Crippen LogP contribution is -2.19. The van der Waals surface area contributed by atoms with Gasteiger partial charge in [-0.25, -0.2) is 5.43 Å². The molecule has 0 saturated heterocycles. The van der Waals surface area contributed by atoms with Crippen molar-refractivity contribution in [3.63, 3.8) is 0 Å². The van der Waals surface area contributed by atoms with Crippen LogP contribution in [0.4, 0.5) is 0 Å². The van der Waals surface area contributed by atoms with E-state index in [1.807, 2.05) is 24.3 Å². The minimum absolute atomic E-state index is 0.357. The lowest BCUT2D eigenvalue weighted by molar-refractivity contribution is 0.0954. The Balaban J connectivity index is 1.41.